The molecule has 0 atom stereocenters. The molecule has 0 amide bonds. The van der Waals surface area contributed by atoms with E-state index in [-0.39, 0.29) is 0 Å². The van der Waals surface area contributed by atoms with Crippen LogP contribution in [0.1, 0.15) is 42.7 Å². The van der Waals surface area contributed by atoms with Crippen molar-refractivity contribution < 1.29 is 14.2 Å². The normalized spacial score (nSPS) is 22.8. The van der Waals surface area contributed by atoms with E-state index in [4.69, 9.17) is 14.2 Å². The van der Waals surface area contributed by atoms with Crippen LogP contribution in [0.5, 0.6) is 17.2 Å². The number of hydrogen-bond donors (Lipinski definition) is 0. The zero-order valence-electron chi connectivity index (χ0n) is 19.2. The zero-order valence-corrected chi connectivity index (χ0v) is 19.2. The minimum absolute atomic E-state index is 0.677. The largest absolute Gasteiger partial charge is 0.493 e. The van der Waals surface area contributed by atoms with Gasteiger partial charge in [-0.15, -0.1) is 0 Å². The van der Waals surface area contributed by atoms with E-state index in [1.165, 1.54) is 31.2 Å². The smallest absolute Gasteiger partial charge is 0.203 e. The first-order chi connectivity index (χ1) is 15.2. The molecule has 0 aromatic heterocycles. The molecule has 4 rings (SSSR count). The van der Waals surface area contributed by atoms with Crippen LogP contribution in [-0.4, -0.2) is 63.4 Å². The molecule has 0 unspecified atom stereocenters. The predicted molar refractivity (Wildman–Crippen MR) is 124 cm³/mol. The summed E-state index contributed by atoms with van der Waals surface area (Å²) in [5.74, 6) is 2.91. The number of piperazine rings is 1. The van der Waals surface area contributed by atoms with Gasteiger partial charge in [-0.3, -0.25) is 9.80 Å². The number of rotatable bonds is 7. The second-order valence-electron chi connectivity index (χ2n) is 8.72. The Morgan fingerprint density at radius 2 is 1.42 bits per heavy atom. The second kappa shape index (κ2) is 10.4. The summed E-state index contributed by atoms with van der Waals surface area (Å²) in [4.78, 5) is 5.25. The summed E-state index contributed by atoms with van der Waals surface area (Å²) in [7, 11) is 5.02. The molecule has 0 bridgehead atoms. The van der Waals surface area contributed by atoms with Crippen molar-refractivity contribution in [2.24, 2.45) is 0 Å². The van der Waals surface area contributed by atoms with Gasteiger partial charge in [0.05, 0.1) is 21.3 Å². The average Bonchev–Trinajstić information content (AvgIpc) is 2.84. The maximum absolute atomic E-state index is 5.67. The molecule has 1 saturated heterocycles. The first kappa shape index (κ1) is 22.0. The van der Waals surface area contributed by atoms with Crippen LogP contribution in [0.4, 0.5) is 0 Å². The Morgan fingerprint density at radius 3 is 2.03 bits per heavy atom. The summed E-state index contributed by atoms with van der Waals surface area (Å²) in [6.45, 7) is 5.36. The predicted octanol–water partition coefficient (Wildman–Crippen LogP) is 4.56. The Labute approximate surface area is 186 Å². The molecule has 2 fully saturated rings. The van der Waals surface area contributed by atoms with Gasteiger partial charge in [0.15, 0.2) is 11.5 Å². The Balaban J connectivity index is 1.30. The van der Waals surface area contributed by atoms with E-state index < -0.39 is 0 Å². The van der Waals surface area contributed by atoms with Gasteiger partial charge < -0.3 is 14.2 Å². The Kier molecular flexibility index (Phi) is 7.36. The summed E-state index contributed by atoms with van der Waals surface area (Å²) in [6.07, 6.45) is 5.28. The first-order valence-electron chi connectivity index (χ1n) is 11.5. The Bertz CT molecular complexity index is 826. The molecule has 2 aliphatic rings. The van der Waals surface area contributed by atoms with E-state index >= 15 is 0 Å². The van der Waals surface area contributed by atoms with Gasteiger partial charge in [0.25, 0.3) is 0 Å². The lowest BCUT2D eigenvalue weighted by atomic mass is 9.81. The summed E-state index contributed by atoms with van der Waals surface area (Å²) in [5.41, 5.74) is 2.67. The van der Waals surface area contributed by atoms with E-state index in [0.29, 0.717) is 11.5 Å². The number of methoxy groups -OCH3 is 3. The molecule has 1 saturated carbocycles. The van der Waals surface area contributed by atoms with Crippen LogP contribution in [0.15, 0.2) is 42.5 Å². The zero-order chi connectivity index (χ0) is 21.6. The molecule has 5 heteroatoms. The maximum atomic E-state index is 5.67. The lowest BCUT2D eigenvalue weighted by molar-refractivity contribution is 0.0722. The fourth-order valence-corrected chi connectivity index (χ4v) is 5.31. The second-order valence-corrected chi connectivity index (χ2v) is 8.72. The van der Waals surface area contributed by atoms with Crippen molar-refractivity contribution in [1.29, 1.82) is 0 Å². The number of benzene rings is 2. The van der Waals surface area contributed by atoms with E-state index in [0.717, 1.165) is 56.0 Å². The van der Waals surface area contributed by atoms with Crippen molar-refractivity contribution in [3.63, 3.8) is 0 Å². The molecule has 168 valence electrons. The van der Waals surface area contributed by atoms with E-state index in [1.54, 1.807) is 21.3 Å². The molecule has 0 N–H and O–H groups in total. The van der Waals surface area contributed by atoms with Crippen LogP contribution in [0.25, 0.3) is 0 Å². The van der Waals surface area contributed by atoms with Gasteiger partial charge in [-0.25, -0.2) is 0 Å². The molecule has 31 heavy (non-hydrogen) atoms. The van der Waals surface area contributed by atoms with Crippen molar-refractivity contribution in [1.82, 2.24) is 9.80 Å². The lowest BCUT2D eigenvalue weighted by Gasteiger charge is -2.42. The maximum Gasteiger partial charge on any atom is 0.203 e. The molecular formula is C26H36N2O3. The molecule has 1 aliphatic carbocycles. The minimum Gasteiger partial charge on any atom is -0.493 e. The van der Waals surface area contributed by atoms with Gasteiger partial charge in [0.1, 0.15) is 0 Å². The van der Waals surface area contributed by atoms with Gasteiger partial charge in [0, 0.05) is 44.3 Å². The third-order valence-electron chi connectivity index (χ3n) is 7.07. The van der Waals surface area contributed by atoms with E-state index in [2.05, 4.69) is 46.2 Å². The quantitative estimate of drug-likeness (QED) is 0.651. The van der Waals surface area contributed by atoms with Crippen LogP contribution in [0.3, 0.4) is 0 Å². The van der Waals surface area contributed by atoms with Gasteiger partial charge in [-0.1, -0.05) is 36.4 Å². The van der Waals surface area contributed by atoms with E-state index in [1.807, 2.05) is 6.07 Å². The third kappa shape index (κ3) is 4.99. The summed E-state index contributed by atoms with van der Waals surface area (Å²) >= 11 is 0. The van der Waals surface area contributed by atoms with E-state index in [9.17, 15) is 0 Å². The highest BCUT2D eigenvalue weighted by Gasteiger charge is 2.29. The van der Waals surface area contributed by atoms with Gasteiger partial charge in [0.2, 0.25) is 5.75 Å². The highest BCUT2D eigenvalue weighted by Crippen LogP contribution is 2.40. The number of nitrogens with zero attached hydrogens (tertiary/aromatic N) is 2. The Hall–Kier alpha value is -2.24. The fourth-order valence-electron chi connectivity index (χ4n) is 5.31. The lowest BCUT2D eigenvalue weighted by Crippen LogP contribution is -2.50. The summed E-state index contributed by atoms with van der Waals surface area (Å²) in [6, 6.07) is 15.9. The summed E-state index contributed by atoms with van der Waals surface area (Å²) in [5, 5.41) is 0. The van der Waals surface area contributed by atoms with Crippen LogP contribution in [-0.2, 0) is 6.54 Å². The Morgan fingerprint density at radius 1 is 0.742 bits per heavy atom. The highest BCUT2D eigenvalue weighted by molar-refractivity contribution is 5.55. The molecule has 1 aliphatic heterocycles. The molecular weight excluding hydrogens is 388 g/mol. The standard InChI is InChI=1S/C26H36N2O3/c1-29-24-14-11-22(25(30-2)26(24)31-3)19-27-15-17-28(18-16-27)23-12-9-21(10-13-23)20-7-5-4-6-8-20/h4-8,11,14,21,23H,9-10,12-13,15-19H2,1-3H3. The fraction of sp³-hybridized carbons (Fsp3) is 0.538. The van der Waals surface area contributed by atoms with Crippen LogP contribution >= 0.6 is 0 Å². The van der Waals surface area contributed by atoms with Crippen LogP contribution < -0.4 is 14.2 Å². The summed E-state index contributed by atoms with van der Waals surface area (Å²) < 4.78 is 16.6. The molecule has 0 radical (unpaired) electrons. The molecule has 2 aromatic rings. The van der Waals surface area contributed by atoms with Crippen LogP contribution in [0.2, 0.25) is 0 Å². The number of ether oxygens (including phenoxy) is 3. The van der Waals surface area contributed by atoms with Crippen molar-refractivity contribution in [3.8, 4) is 17.2 Å². The molecule has 0 spiro atoms. The minimum atomic E-state index is 0.677. The monoisotopic (exact) mass is 424 g/mol. The molecule has 5 nitrogen and oxygen atoms in total. The van der Waals surface area contributed by atoms with Gasteiger partial charge in [-0.2, -0.15) is 0 Å². The van der Waals surface area contributed by atoms with Crippen LogP contribution in [0, 0.1) is 0 Å². The molecule has 1 heterocycles. The van der Waals surface area contributed by atoms with Crippen molar-refractivity contribution >= 4 is 0 Å². The van der Waals surface area contributed by atoms with Crippen molar-refractivity contribution in [2.75, 3.05) is 47.5 Å². The average molecular weight is 425 g/mol. The molecule has 2 aromatic carbocycles. The van der Waals surface area contributed by atoms with Gasteiger partial charge in [-0.05, 0) is 43.2 Å². The number of hydrogen-bond acceptors (Lipinski definition) is 5. The first-order valence-corrected chi connectivity index (χ1v) is 11.5. The topological polar surface area (TPSA) is 34.2 Å². The third-order valence-corrected chi connectivity index (χ3v) is 7.07. The van der Waals surface area contributed by atoms with Gasteiger partial charge >= 0.3 is 0 Å². The highest BCUT2D eigenvalue weighted by atomic mass is 16.5. The van der Waals surface area contributed by atoms with Crippen molar-refractivity contribution in [3.05, 3.63) is 53.6 Å². The van der Waals surface area contributed by atoms with Crippen molar-refractivity contribution in [2.45, 2.75) is 44.2 Å². The SMILES string of the molecule is COc1ccc(CN2CCN(C3CCC(c4ccccc4)CC3)CC2)c(OC)c1OC.